The van der Waals surface area contributed by atoms with Crippen LogP contribution in [0.25, 0.3) is 33.3 Å². The Hall–Kier alpha value is -4.99. The van der Waals surface area contributed by atoms with Crippen LogP contribution in [0.2, 0.25) is 0 Å². The van der Waals surface area contributed by atoms with Crippen molar-refractivity contribution < 1.29 is 22.7 Å². The summed E-state index contributed by atoms with van der Waals surface area (Å²) in [5, 5.41) is 6.54. The maximum atomic E-state index is 13.2. The zero-order valence-corrected chi connectivity index (χ0v) is 23.4. The van der Waals surface area contributed by atoms with Crippen molar-refractivity contribution in [3.8, 4) is 28.1 Å². The van der Waals surface area contributed by atoms with Gasteiger partial charge >= 0.3 is 6.18 Å². The summed E-state index contributed by atoms with van der Waals surface area (Å²) in [6.07, 6.45) is -1.11. The van der Waals surface area contributed by atoms with Crippen molar-refractivity contribution in [1.82, 2.24) is 15.0 Å². The zero-order chi connectivity index (χ0) is 30.0. The van der Waals surface area contributed by atoms with Gasteiger partial charge in [0.2, 0.25) is 5.95 Å². The summed E-state index contributed by atoms with van der Waals surface area (Å²) >= 11 is 0. The van der Waals surface area contributed by atoms with Gasteiger partial charge in [-0.15, -0.1) is 0 Å². The third kappa shape index (κ3) is 5.88. The molecule has 0 bridgehead atoms. The van der Waals surface area contributed by atoms with Crippen LogP contribution < -0.4 is 15.4 Å². The Labute approximate surface area is 240 Å². The quantitative estimate of drug-likeness (QED) is 0.208. The minimum absolute atomic E-state index is 0.0423. The number of pyridine rings is 1. The van der Waals surface area contributed by atoms with E-state index in [1.54, 1.807) is 37.7 Å². The van der Waals surface area contributed by atoms with E-state index in [2.05, 4.69) is 20.6 Å². The smallest absolute Gasteiger partial charge is 0.416 e. The molecule has 0 aliphatic rings. The number of alkyl halides is 3. The van der Waals surface area contributed by atoms with E-state index >= 15 is 0 Å². The van der Waals surface area contributed by atoms with Gasteiger partial charge in [0.25, 0.3) is 5.91 Å². The van der Waals surface area contributed by atoms with E-state index in [0.29, 0.717) is 39.6 Å². The molecule has 3 aromatic carbocycles. The minimum atomic E-state index is -4.52. The van der Waals surface area contributed by atoms with Crippen LogP contribution >= 0.6 is 0 Å². The zero-order valence-electron chi connectivity index (χ0n) is 23.4. The summed E-state index contributed by atoms with van der Waals surface area (Å²) in [7, 11) is 1.56. The highest BCUT2D eigenvalue weighted by atomic mass is 19.4. The summed E-state index contributed by atoms with van der Waals surface area (Å²) in [4.78, 5) is 27.0. The first-order valence-electron chi connectivity index (χ1n) is 13.2. The predicted octanol–water partition coefficient (Wildman–Crippen LogP) is 7.77. The summed E-state index contributed by atoms with van der Waals surface area (Å²) < 4.78 is 45.5. The number of ether oxygens (including phenoxy) is 1. The normalized spacial score (nSPS) is 11.5. The van der Waals surface area contributed by atoms with E-state index in [-0.39, 0.29) is 17.3 Å². The van der Waals surface area contributed by atoms with Crippen molar-refractivity contribution in [1.29, 1.82) is 0 Å². The molecular formula is C32H28F3N5O2. The van der Waals surface area contributed by atoms with Gasteiger partial charge in [-0.3, -0.25) is 9.78 Å². The molecule has 2 heterocycles. The Bertz CT molecular complexity index is 1770. The van der Waals surface area contributed by atoms with Gasteiger partial charge in [0.1, 0.15) is 5.75 Å². The Morgan fingerprint density at radius 3 is 2.45 bits per heavy atom. The van der Waals surface area contributed by atoms with Crippen molar-refractivity contribution in [2.45, 2.75) is 33.0 Å². The summed E-state index contributed by atoms with van der Waals surface area (Å²) in [5.74, 6) is 0.427. The lowest BCUT2D eigenvalue weighted by atomic mass is 9.92. The fourth-order valence-electron chi connectivity index (χ4n) is 4.68. The predicted molar refractivity (Wildman–Crippen MR) is 158 cm³/mol. The first-order valence-corrected chi connectivity index (χ1v) is 13.2. The number of benzene rings is 3. The molecule has 2 aromatic heterocycles. The largest absolute Gasteiger partial charge is 0.495 e. The Morgan fingerprint density at radius 1 is 0.952 bits per heavy atom. The highest BCUT2D eigenvalue weighted by Crippen LogP contribution is 2.44. The number of fused-ring (bicyclic) bond motifs is 1. The van der Waals surface area contributed by atoms with Crippen LogP contribution in [0.3, 0.4) is 0 Å². The van der Waals surface area contributed by atoms with Gasteiger partial charge in [-0.25, -0.2) is 9.97 Å². The molecule has 0 fully saturated rings. The molecule has 5 aromatic rings. The number of amides is 1. The summed E-state index contributed by atoms with van der Waals surface area (Å²) in [5.41, 5.74) is 3.66. The van der Waals surface area contributed by atoms with E-state index in [1.807, 2.05) is 45.0 Å². The number of rotatable bonds is 7. The fourth-order valence-corrected chi connectivity index (χ4v) is 4.68. The van der Waals surface area contributed by atoms with Crippen LogP contribution in [-0.2, 0) is 6.18 Å². The maximum Gasteiger partial charge on any atom is 0.416 e. The van der Waals surface area contributed by atoms with Crippen molar-refractivity contribution >= 4 is 28.4 Å². The molecule has 1 amide bonds. The Balaban J connectivity index is 1.64. The summed E-state index contributed by atoms with van der Waals surface area (Å²) in [6, 6.07) is 17.2. The molecular weight excluding hydrogens is 543 g/mol. The Kier molecular flexibility index (Phi) is 7.80. The molecule has 0 unspecified atom stereocenters. The van der Waals surface area contributed by atoms with Gasteiger partial charge < -0.3 is 15.4 Å². The van der Waals surface area contributed by atoms with E-state index in [9.17, 15) is 18.0 Å². The highest BCUT2D eigenvalue weighted by Gasteiger charge is 2.30. The molecule has 0 radical (unpaired) electrons. The first kappa shape index (κ1) is 28.5. The number of hydrogen-bond acceptors (Lipinski definition) is 6. The van der Waals surface area contributed by atoms with E-state index in [1.165, 1.54) is 12.1 Å². The van der Waals surface area contributed by atoms with Gasteiger partial charge in [-0.2, -0.15) is 13.2 Å². The Morgan fingerprint density at radius 2 is 1.76 bits per heavy atom. The molecule has 0 atom stereocenters. The number of carbonyl (C=O) groups excluding carboxylic acids is 1. The van der Waals surface area contributed by atoms with Gasteiger partial charge in [-0.1, -0.05) is 18.2 Å². The SMILES string of the molecule is COc1c(-c2cc(C(=O)Nc3cccc(C(F)(F)F)c3)ccc2C)cc2cnc(NC(C)C)nc2c1-c1ccccn1. The molecule has 2 N–H and O–H groups in total. The topological polar surface area (TPSA) is 89.0 Å². The van der Waals surface area contributed by atoms with E-state index < -0.39 is 17.6 Å². The number of aromatic nitrogens is 3. The van der Waals surface area contributed by atoms with Gasteiger partial charge in [-0.05, 0) is 80.4 Å². The van der Waals surface area contributed by atoms with Crippen molar-refractivity contribution in [3.63, 3.8) is 0 Å². The number of nitrogens with zero attached hydrogens (tertiary/aromatic N) is 3. The molecule has 10 heteroatoms. The van der Waals surface area contributed by atoms with Gasteiger partial charge in [0, 0.05) is 40.6 Å². The number of anilines is 2. The van der Waals surface area contributed by atoms with Crippen LogP contribution in [0.4, 0.5) is 24.8 Å². The number of aryl methyl sites for hydroxylation is 1. The van der Waals surface area contributed by atoms with Crippen molar-refractivity contribution in [3.05, 3.63) is 95.8 Å². The second-order valence-corrected chi connectivity index (χ2v) is 10.0. The number of methoxy groups -OCH3 is 1. The average molecular weight is 572 g/mol. The molecule has 0 aliphatic carbocycles. The van der Waals surface area contributed by atoms with Gasteiger partial charge in [0.05, 0.1) is 29.4 Å². The number of carbonyl (C=O) groups is 1. The average Bonchev–Trinajstić information content (AvgIpc) is 2.96. The first-order chi connectivity index (χ1) is 20.0. The molecule has 0 saturated heterocycles. The van der Waals surface area contributed by atoms with Gasteiger partial charge in [0.15, 0.2) is 0 Å². The van der Waals surface area contributed by atoms with Crippen molar-refractivity contribution in [2.24, 2.45) is 0 Å². The number of halogens is 3. The molecule has 0 saturated carbocycles. The third-order valence-corrected chi connectivity index (χ3v) is 6.61. The lowest BCUT2D eigenvalue weighted by Crippen LogP contribution is -2.13. The standard InChI is InChI=1S/C32H28F3N5O2/c1-18(2)38-31-37-17-21-15-25(29(42-4)27(28(21)40-31)26-10-5-6-13-36-26)24-14-20(12-11-19(24)3)30(41)39-23-9-7-8-22(16-23)32(33,34)35/h5-18H,1-4H3,(H,39,41)(H,37,38,40). The third-order valence-electron chi connectivity index (χ3n) is 6.61. The molecule has 0 aliphatic heterocycles. The van der Waals surface area contributed by atoms with Crippen LogP contribution in [0, 0.1) is 6.92 Å². The monoisotopic (exact) mass is 571 g/mol. The van der Waals surface area contributed by atoms with Crippen LogP contribution in [0.1, 0.15) is 35.3 Å². The van der Waals surface area contributed by atoms with E-state index in [4.69, 9.17) is 9.72 Å². The fraction of sp³-hybridized carbons (Fsp3) is 0.188. The second-order valence-electron chi connectivity index (χ2n) is 10.0. The molecule has 0 spiro atoms. The van der Waals surface area contributed by atoms with Crippen LogP contribution in [-0.4, -0.2) is 34.0 Å². The minimum Gasteiger partial charge on any atom is -0.495 e. The van der Waals surface area contributed by atoms with Crippen molar-refractivity contribution in [2.75, 3.05) is 17.7 Å². The van der Waals surface area contributed by atoms with Crippen LogP contribution in [0.15, 0.2) is 79.1 Å². The van der Waals surface area contributed by atoms with E-state index in [0.717, 1.165) is 23.1 Å². The molecule has 214 valence electrons. The summed E-state index contributed by atoms with van der Waals surface area (Å²) in [6.45, 7) is 5.89. The number of nitrogens with one attached hydrogen (secondary N) is 2. The van der Waals surface area contributed by atoms with Crippen LogP contribution in [0.5, 0.6) is 5.75 Å². The molecule has 5 rings (SSSR count). The number of hydrogen-bond donors (Lipinski definition) is 2. The molecule has 7 nitrogen and oxygen atoms in total. The lowest BCUT2D eigenvalue weighted by Gasteiger charge is -2.19. The maximum absolute atomic E-state index is 13.2. The molecule has 42 heavy (non-hydrogen) atoms. The second kappa shape index (κ2) is 11.5. The lowest BCUT2D eigenvalue weighted by molar-refractivity contribution is -0.137. The highest BCUT2D eigenvalue weighted by molar-refractivity contribution is 6.06.